The van der Waals surface area contributed by atoms with E-state index in [0.717, 1.165) is 0 Å². The smallest absolute Gasteiger partial charge is 0.336 e. The molecule has 0 spiro atoms. The topological polar surface area (TPSA) is 122 Å². The number of carbonyl (C=O) groups excluding carboxylic acids is 1. The lowest BCUT2D eigenvalue weighted by molar-refractivity contribution is -0.384. The Hall–Kier alpha value is -3.77. The van der Waals surface area contributed by atoms with Crippen LogP contribution in [-0.4, -0.2) is 27.5 Å². The summed E-state index contributed by atoms with van der Waals surface area (Å²) in [5.74, 6) is -1.57. The van der Waals surface area contributed by atoms with Gasteiger partial charge in [-0.3, -0.25) is 14.3 Å². The molecule has 9 heteroatoms. The third-order valence-electron chi connectivity index (χ3n) is 4.96. The standard InChI is InChI=1S/C23H21N3O5S/c1-3-31-23(27)22-20(14-32(30)18-10-5-4-6-11-18)25-15(2)19(13-24)21(22)16-8-7-9-17(12-16)26(28)29/h4-12,21,25H,3,14H2,1-2H3/t21-,32?/m0/s1. The predicted octanol–water partition coefficient (Wildman–Crippen LogP) is 3.70. The second-order valence-electron chi connectivity index (χ2n) is 6.98. The monoisotopic (exact) mass is 451 g/mol. The molecule has 0 aromatic heterocycles. The SMILES string of the molecule is CCOC(=O)C1=C(CS(=O)c2ccccc2)NC(C)=C(C#N)[C@@H]1c1cccc([N+](=O)[O-])c1. The van der Waals surface area contributed by atoms with Crippen LogP contribution in [0.1, 0.15) is 25.3 Å². The fraction of sp³-hybridized carbons (Fsp3) is 0.217. The van der Waals surface area contributed by atoms with Crippen LogP contribution in [0.15, 0.2) is 82.0 Å². The molecule has 0 saturated heterocycles. The summed E-state index contributed by atoms with van der Waals surface area (Å²) in [5, 5.41) is 24.2. The van der Waals surface area contributed by atoms with Gasteiger partial charge in [-0.25, -0.2) is 4.79 Å². The van der Waals surface area contributed by atoms with Crippen molar-refractivity contribution in [1.29, 1.82) is 5.26 Å². The number of nitro groups is 1. The lowest BCUT2D eigenvalue weighted by Crippen LogP contribution is -2.32. The van der Waals surface area contributed by atoms with E-state index in [0.29, 0.717) is 21.9 Å². The van der Waals surface area contributed by atoms with Crippen LogP contribution in [-0.2, 0) is 20.3 Å². The minimum atomic E-state index is -1.48. The lowest BCUT2D eigenvalue weighted by Gasteiger charge is -2.29. The number of dihydropyridines is 1. The summed E-state index contributed by atoms with van der Waals surface area (Å²) in [6, 6.07) is 16.7. The number of non-ortho nitro benzene ring substituents is 1. The van der Waals surface area contributed by atoms with Crippen molar-refractivity contribution >= 4 is 22.5 Å². The number of ether oxygens (including phenoxy) is 1. The number of rotatable bonds is 7. The van der Waals surface area contributed by atoms with E-state index in [1.54, 1.807) is 44.2 Å². The Morgan fingerprint density at radius 1 is 1.25 bits per heavy atom. The minimum Gasteiger partial charge on any atom is -0.463 e. The Balaban J connectivity index is 2.17. The highest BCUT2D eigenvalue weighted by molar-refractivity contribution is 7.85. The Morgan fingerprint density at radius 3 is 2.59 bits per heavy atom. The zero-order valence-electron chi connectivity index (χ0n) is 17.5. The molecule has 0 aliphatic carbocycles. The number of allylic oxidation sites excluding steroid dienone is 2. The highest BCUT2D eigenvalue weighted by atomic mass is 32.2. The maximum Gasteiger partial charge on any atom is 0.336 e. The van der Waals surface area contributed by atoms with E-state index in [9.17, 15) is 24.4 Å². The van der Waals surface area contributed by atoms with Crippen LogP contribution >= 0.6 is 0 Å². The molecule has 0 radical (unpaired) electrons. The number of nitriles is 1. The minimum absolute atomic E-state index is 0.0142. The van der Waals surface area contributed by atoms with Gasteiger partial charge in [0, 0.05) is 28.4 Å². The molecule has 164 valence electrons. The van der Waals surface area contributed by atoms with Gasteiger partial charge in [-0.2, -0.15) is 5.26 Å². The van der Waals surface area contributed by atoms with Crippen LogP contribution in [0.25, 0.3) is 0 Å². The highest BCUT2D eigenvalue weighted by Gasteiger charge is 2.36. The molecule has 0 bridgehead atoms. The molecule has 32 heavy (non-hydrogen) atoms. The molecule has 3 rings (SSSR count). The van der Waals surface area contributed by atoms with E-state index in [1.807, 2.05) is 6.07 Å². The lowest BCUT2D eigenvalue weighted by atomic mass is 9.81. The highest BCUT2D eigenvalue weighted by Crippen LogP contribution is 2.39. The van der Waals surface area contributed by atoms with Gasteiger partial charge in [0.25, 0.3) is 5.69 Å². The van der Waals surface area contributed by atoms with Gasteiger partial charge in [0.2, 0.25) is 0 Å². The van der Waals surface area contributed by atoms with Crippen LogP contribution in [0.5, 0.6) is 0 Å². The maximum absolute atomic E-state index is 13.0. The van der Waals surface area contributed by atoms with Crippen LogP contribution in [0.3, 0.4) is 0 Å². The van der Waals surface area contributed by atoms with Crippen molar-refractivity contribution in [2.75, 3.05) is 12.4 Å². The van der Waals surface area contributed by atoms with Crippen LogP contribution in [0.2, 0.25) is 0 Å². The summed E-state index contributed by atoms with van der Waals surface area (Å²) >= 11 is 0. The molecule has 1 aliphatic heterocycles. The average molecular weight is 452 g/mol. The summed E-state index contributed by atoms with van der Waals surface area (Å²) in [6.45, 7) is 3.44. The summed E-state index contributed by atoms with van der Waals surface area (Å²) in [4.78, 5) is 24.4. The van der Waals surface area contributed by atoms with Crippen molar-refractivity contribution in [2.24, 2.45) is 0 Å². The molecule has 1 aliphatic rings. The third-order valence-corrected chi connectivity index (χ3v) is 6.31. The molecule has 0 saturated carbocycles. The number of nitro benzene ring substituents is 1. The third kappa shape index (κ3) is 4.76. The number of nitrogens with zero attached hydrogens (tertiary/aromatic N) is 2. The molecule has 1 heterocycles. The first-order valence-electron chi connectivity index (χ1n) is 9.83. The second-order valence-corrected chi connectivity index (χ2v) is 8.43. The molecule has 0 amide bonds. The van der Waals surface area contributed by atoms with E-state index < -0.39 is 27.6 Å². The second kappa shape index (κ2) is 10.0. The number of benzene rings is 2. The van der Waals surface area contributed by atoms with Crippen LogP contribution in [0, 0.1) is 21.4 Å². The molecular formula is C23H21N3O5S. The summed E-state index contributed by atoms with van der Waals surface area (Å²) < 4.78 is 18.3. The molecule has 2 atom stereocenters. The van der Waals surface area contributed by atoms with E-state index in [-0.39, 0.29) is 29.2 Å². The normalized spacial score (nSPS) is 16.7. The quantitative estimate of drug-likeness (QED) is 0.387. The molecule has 0 fully saturated rings. The van der Waals surface area contributed by atoms with Crippen molar-refractivity contribution in [1.82, 2.24) is 5.32 Å². The van der Waals surface area contributed by atoms with Gasteiger partial charge in [0.05, 0.1) is 51.2 Å². The number of hydrogen-bond acceptors (Lipinski definition) is 7. The van der Waals surface area contributed by atoms with Crippen molar-refractivity contribution in [3.8, 4) is 6.07 Å². The number of nitrogens with one attached hydrogen (secondary N) is 1. The van der Waals surface area contributed by atoms with Crippen molar-refractivity contribution in [2.45, 2.75) is 24.7 Å². The predicted molar refractivity (Wildman–Crippen MR) is 119 cm³/mol. The maximum atomic E-state index is 13.0. The number of carbonyl (C=O) groups is 1. The van der Waals surface area contributed by atoms with Crippen LogP contribution < -0.4 is 5.32 Å². The van der Waals surface area contributed by atoms with Gasteiger partial charge >= 0.3 is 5.97 Å². The zero-order valence-corrected chi connectivity index (χ0v) is 18.3. The fourth-order valence-electron chi connectivity index (χ4n) is 3.55. The van der Waals surface area contributed by atoms with Crippen molar-refractivity contribution in [3.05, 3.63) is 92.8 Å². The van der Waals surface area contributed by atoms with Gasteiger partial charge in [-0.15, -0.1) is 0 Å². The first-order valence-corrected chi connectivity index (χ1v) is 11.1. The Morgan fingerprint density at radius 2 is 1.97 bits per heavy atom. The fourth-order valence-corrected chi connectivity index (χ4v) is 4.66. The van der Waals surface area contributed by atoms with Gasteiger partial charge < -0.3 is 10.1 Å². The Kier molecular flexibility index (Phi) is 7.18. The molecule has 8 nitrogen and oxygen atoms in total. The molecule has 2 aromatic rings. The van der Waals surface area contributed by atoms with E-state index in [2.05, 4.69) is 11.4 Å². The summed E-state index contributed by atoms with van der Waals surface area (Å²) in [5.41, 5.74) is 1.45. The molecular weight excluding hydrogens is 430 g/mol. The first kappa shape index (κ1) is 22.9. The Labute approximate surface area is 187 Å². The van der Waals surface area contributed by atoms with Gasteiger partial charge in [0.1, 0.15) is 0 Å². The Bertz CT molecular complexity index is 1180. The molecule has 2 aromatic carbocycles. The average Bonchev–Trinajstić information content (AvgIpc) is 2.79. The van der Waals surface area contributed by atoms with Gasteiger partial charge in [-0.05, 0) is 31.5 Å². The van der Waals surface area contributed by atoms with Crippen molar-refractivity contribution in [3.63, 3.8) is 0 Å². The van der Waals surface area contributed by atoms with E-state index in [4.69, 9.17) is 4.74 Å². The van der Waals surface area contributed by atoms with E-state index >= 15 is 0 Å². The van der Waals surface area contributed by atoms with E-state index in [1.165, 1.54) is 18.2 Å². The van der Waals surface area contributed by atoms with Crippen molar-refractivity contribution < 1.29 is 18.7 Å². The number of hydrogen-bond donors (Lipinski definition) is 1. The van der Waals surface area contributed by atoms with Gasteiger partial charge in [-0.1, -0.05) is 30.3 Å². The summed E-state index contributed by atoms with van der Waals surface area (Å²) in [6.07, 6.45) is 0. The van der Waals surface area contributed by atoms with Crippen LogP contribution in [0.4, 0.5) is 5.69 Å². The zero-order chi connectivity index (χ0) is 23.3. The first-order chi connectivity index (χ1) is 15.4. The largest absolute Gasteiger partial charge is 0.463 e. The number of esters is 1. The molecule has 1 unspecified atom stereocenters. The molecule has 1 N–H and O–H groups in total. The van der Waals surface area contributed by atoms with Gasteiger partial charge in [0.15, 0.2) is 0 Å². The summed E-state index contributed by atoms with van der Waals surface area (Å²) in [7, 11) is -1.48.